The molecule has 152 valence electrons. The van der Waals surface area contributed by atoms with Crippen LogP contribution in [-0.4, -0.2) is 48.2 Å². The van der Waals surface area contributed by atoms with Crippen molar-refractivity contribution in [3.05, 3.63) is 33.8 Å². The summed E-state index contributed by atoms with van der Waals surface area (Å²) in [5.41, 5.74) is 0.939. The van der Waals surface area contributed by atoms with E-state index in [1.807, 2.05) is 6.07 Å². The van der Waals surface area contributed by atoms with Crippen molar-refractivity contribution in [2.24, 2.45) is 5.92 Å². The van der Waals surface area contributed by atoms with Gasteiger partial charge in [-0.15, -0.1) is 10.2 Å². The predicted octanol–water partition coefficient (Wildman–Crippen LogP) is 3.75. The van der Waals surface area contributed by atoms with Gasteiger partial charge in [0.05, 0.1) is 6.26 Å². The Morgan fingerprint density at radius 1 is 1.32 bits per heavy atom. The minimum Gasteiger partial charge on any atom is -0.300 e. The molecule has 1 saturated heterocycles. The normalized spacial score (nSPS) is 16.2. The number of nitrogens with zero attached hydrogens (tertiary/aromatic N) is 3. The summed E-state index contributed by atoms with van der Waals surface area (Å²) in [6.07, 6.45) is 2.17. The number of carbonyl (C=O) groups is 1. The van der Waals surface area contributed by atoms with E-state index in [0.29, 0.717) is 51.2 Å². The second-order valence-corrected chi connectivity index (χ2v) is 11.3. The Bertz CT molecular complexity index is 960. The standard InChI is InChI=1S/C16H18Cl2N4O3S3/c1-28(24,25)22-6-4-10(5-7-22)14(23)19-15-20-21-16(27-15)26-9-11-2-3-12(17)8-13(11)18/h2-3,8,10H,4-7,9H2,1H3,(H,19,20,23). The fourth-order valence-electron chi connectivity index (χ4n) is 2.75. The van der Waals surface area contributed by atoms with Crippen LogP contribution in [0.25, 0.3) is 0 Å². The van der Waals surface area contributed by atoms with Crippen LogP contribution in [0.3, 0.4) is 0 Å². The predicted molar refractivity (Wildman–Crippen MR) is 114 cm³/mol. The smallest absolute Gasteiger partial charge is 0.229 e. The first-order valence-corrected chi connectivity index (χ1v) is 12.8. The number of anilines is 1. The molecule has 0 atom stereocenters. The van der Waals surface area contributed by atoms with Crippen LogP contribution in [0.4, 0.5) is 5.13 Å². The van der Waals surface area contributed by atoms with Crippen LogP contribution in [-0.2, 0) is 20.6 Å². The number of carbonyl (C=O) groups excluding carboxylic acids is 1. The zero-order valence-electron chi connectivity index (χ0n) is 14.9. The SMILES string of the molecule is CS(=O)(=O)N1CCC(C(=O)Nc2nnc(SCc3ccc(Cl)cc3Cl)s2)CC1. The number of halogens is 2. The average Bonchev–Trinajstić information content (AvgIpc) is 3.07. The number of hydrogen-bond donors (Lipinski definition) is 1. The number of rotatable bonds is 6. The van der Waals surface area contributed by atoms with Crippen LogP contribution in [0, 0.1) is 5.92 Å². The van der Waals surface area contributed by atoms with E-state index in [1.54, 1.807) is 12.1 Å². The molecule has 0 aliphatic carbocycles. The third-order valence-corrected chi connectivity index (χ3v) is 8.21. The summed E-state index contributed by atoms with van der Waals surface area (Å²) in [5, 5.41) is 12.5. The van der Waals surface area contributed by atoms with E-state index < -0.39 is 10.0 Å². The number of nitrogens with one attached hydrogen (secondary N) is 1. The molecule has 1 aliphatic heterocycles. The molecule has 0 bridgehead atoms. The highest BCUT2D eigenvalue weighted by atomic mass is 35.5. The van der Waals surface area contributed by atoms with Crippen LogP contribution in [0.15, 0.2) is 22.5 Å². The van der Waals surface area contributed by atoms with Gasteiger partial charge in [0.25, 0.3) is 0 Å². The molecule has 2 aromatic rings. The molecule has 1 fully saturated rings. The Morgan fingerprint density at radius 3 is 2.68 bits per heavy atom. The molecule has 1 N–H and O–H groups in total. The fourth-order valence-corrected chi connectivity index (χ4v) is 5.94. The van der Waals surface area contributed by atoms with Gasteiger partial charge >= 0.3 is 0 Å². The molecular weight excluding hydrogens is 463 g/mol. The lowest BCUT2D eigenvalue weighted by Crippen LogP contribution is -2.40. The highest BCUT2D eigenvalue weighted by Crippen LogP contribution is 2.32. The summed E-state index contributed by atoms with van der Waals surface area (Å²) in [7, 11) is -3.20. The fraction of sp³-hybridized carbons (Fsp3) is 0.438. The van der Waals surface area contributed by atoms with Gasteiger partial charge < -0.3 is 5.32 Å². The lowest BCUT2D eigenvalue weighted by Gasteiger charge is -2.29. The summed E-state index contributed by atoms with van der Waals surface area (Å²) < 4.78 is 25.2. The number of thioether (sulfide) groups is 1. The molecule has 1 aromatic heterocycles. The largest absolute Gasteiger partial charge is 0.300 e. The Morgan fingerprint density at radius 2 is 2.04 bits per heavy atom. The molecule has 7 nitrogen and oxygen atoms in total. The van der Waals surface area contributed by atoms with E-state index in [1.165, 1.54) is 33.7 Å². The highest BCUT2D eigenvalue weighted by molar-refractivity contribution is 8.00. The van der Waals surface area contributed by atoms with Crippen molar-refractivity contribution in [3.8, 4) is 0 Å². The van der Waals surface area contributed by atoms with Crippen molar-refractivity contribution >= 4 is 67.4 Å². The van der Waals surface area contributed by atoms with E-state index in [4.69, 9.17) is 23.2 Å². The molecule has 0 saturated carbocycles. The topological polar surface area (TPSA) is 92.3 Å². The molecule has 0 unspecified atom stereocenters. The minimum absolute atomic E-state index is 0.151. The molecule has 0 radical (unpaired) electrons. The first kappa shape index (κ1) is 21.8. The molecule has 1 aromatic carbocycles. The maximum absolute atomic E-state index is 12.4. The van der Waals surface area contributed by atoms with Gasteiger partial charge in [0.15, 0.2) is 4.34 Å². The number of sulfonamides is 1. The molecule has 0 spiro atoms. The van der Waals surface area contributed by atoms with Gasteiger partial charge in [-0.3, -0.25) is 4.79 Å². The minimum atomic E-state index is -3.20. The number of amides is 1. The van der Waals surface area contributed by atoms with E-state index in [0.717, 1.165) is 5.56 Å². The lowest BCUT2D eigenvalue weighted by atomic mass is 9.97. The van der Waals surface area contributed by atoms with Crippen molar-refractivity contribution < 1.29 is 13.2 Å². The number of aromatic nitrogens is 2. The number of hydrogen-bond acceptors (Lipinski definition) is 7. The molecular formula is C16H18Cl2N4O3S3. The summed E-state index contributed by atoms with van der Waals surface area (Å²) in [6.45, 7) is 0.714. The molecule has 1 aliphatic rings. The van der Waals surface area contributed by atoms with Crippen molar-refractivity contribution in [3.63, 3.8) is 0 Å². The Labute approximate surface area is 181 Å². The third kappa shape index (κ3) is 5.80. The van der Waals surface area contributed by atoms with E-state index in [-0.39, 0.29) is 11.8 Å². The van der Waals surface area contributed by atoms with Gasteiger partial charge in [0, 0.05) is 34.8 Å². The van der Waals surface area contributed by atoms with Crippen LogP contribution in [0.2, 0.25) is 10.0 Å². The third-order valence-electron chi connectivity index (χ3n) is 4.30. The average molecular weight is 481 g/mol. The first-order valence-electron chi connectivity index (χ1n) is 8.38. The maximum atomic E-state index is 12.4. The quantitative estimate of drug-likeness (QED) is 0.499. The molecule has 2 heterocycles. The van der Waals surface area contributed by atoms with E-state index in [2.05, 4.69) is 15.5 Å². The summed E-state index contributed by atoms with van der Waals surface area (Å²) in [4.78, 5) is 12.4. The van der Waals surface area contributed by atoms with Crippen molar-refractivity contribution in [2.75, 3.05) is 24.7 Å². The summed E-state index contributed by atoms with van der Waals surface area (Å²) >= 11 is 14.8. The molecule has 3 rings (SSSR count). The summed E-state index contributed by atoms with van der Waals surface area (Å²) in [6, 6.07) is 5.34. The second-order valence-electron chi connectivity index (χ2n) is 6.32. The Balaban J connectivity index is 1.51. The highest BCUT2D eigenvalue weighted by Gasteiger charge is 2.29. The van der Waals surface area contributed by atoms with Gasteiger partial charge in [0.1, 0.15) is 0 Å². The van der Waals surface area contributed by atoms with Crippen molar-refractivity contribution in [1.29, 1.82) is 0 Å². The lowest BCUT2D eigenvalue weighted by molar-refractivity contribution is -0.120. The van der Waals surface area contributed by atoms with E-state index in [9.17, 15) is 13.2 Å². The number of piperidine rings is 1. The second kappa shape index (κ2) is 9.27. The zero-order valence-corrected chi connectivity index (χ0v) is 18.9. The van der Waals surface area contributed by atoms with Gasteiger partial charge in [-0.05, 0) is 30.5 Å². The molecule has 28 heavy (non-hydrogen) atoms. The first-order chi connectivity index (χ1) is 13.2. The maximum Gasteiger partial charge on any atom is 0.229 e. The summed E-state index contributed by atoms with van der Waals surface area (Å²) in [5.74, 6) is 0.232. The molecule has 12 heteroatoms. The van der Waals surface area contributed by atoms with Crippen molar-refractivity contribution in [1.82, 2.24) is 14.5 Å². The zero-order chi connectivity index (χ0) is 20.3. The van der Waals surface area contributed by atoms with Gasteiger partial charge in [-0.25, -0.2) is 12.7 Å². The number of benzene rings is 1. The van der Waals surface area contributed by atoms with Crippen LogP contribution < -0.4 is 5.32 Å². The monoisotopic (exact) mass is 480 g/mol. The van der Waals surface area contributed by atoms with Gasteiger partial charge in [0.2, 0.25) is 21.1 Å². The Kier molecular flexibility index (Phi) is 7.21. The van der Waals surface area contributed by atoms with Gasteiger partial charge in [-0.2, -0.15) is 0 Å². The van der Waals surface area contributed by atoms with Crippen LogP contribution in [0.1, 0.15) is 18.4 Å². The van der Waals surface area contributed by atoms with Crippen LogP contribution in [0.5, 0.6) is 0 Å². The van der Waals surface area contributed by atoms with Crippen LogP contribution >= 0.6 is 46.3 Å². The van der Waals surface area contributed by atoms with Gasteiger partial charge in [-0.1, -0.05) is 52.4 Å². The van der Waals surface area contributed by atoms with Crippen molar-refractivity contribution in [2.45, 2.75) is 22.9 Å². The Hall–Kier alpha value is -0.910. The molecule has 1 amide bonds. The van der Waals surface area contributed by atoms with E-state index >= 15 is 0 Å².